The largest absolute Gasteiger partial charge is 0.480 e. The van der Waals surface area contributed by atoms with Gasteiger partial charge in [-0.15, -0.1) is 0 Å². The predicted octanol–water partition coefficient (Wildman–Crippen LogP) is -1.14. The molecule has 0 radical (unpaired) electrons. The van der Waals surface area contributed by atoms with E-state index in [9.17, 15) is 9.59 Å². The van der Waals surface area contributed by atoms with Gasteiger partial charge in [-0.2, -0.15) is 0 Å². The van der Waals surface area contributed by atoms with Crippen molar-refractivity contribution in [1.29, 1.82) is 0 Å². The molecule has 1 saturated heterocycles. The molecule has 1 aliphatic heterocycles. The molecule has 0 saturated carbocycles. The van der Waals surface area contributed by atoms with E-state index in [0.717, 1.165) is 0 Å². The van der Waals surface area contributed by atoms with Crippen LogP contribution in [0.25, 0.3) is 0 Å². The van der Waals surface area contributed by atoms with Crippen molar-refractivity contribution < 1.29 is 19.4 Å². The third-order valence-corrected chi connectivity index (χ3v) is 2.36. The molecule has 0 bridgehead atoms. The lowest BCUT2D eigenvalue weighted by Gasteiger charge is -2.32. The van der Waals surface area contributed by atoms with Crippen molar-refractivity contribution in [1.82, 2.24) is 9.80 Å². The van der Waals surface area contributed by atoms with E-state index >= 15 is 0 Å². The van der Waals surface area contributed by atoms with Crippen LogP contribution < -0.4 is 0 Å². The standard InChI is InChI=1S/C9H16N2O4/c1-10(2)8(12)5-11-3-4-15-6-7(11)9(13)14/h7H,3-6H2,1-2H3,(H,13,14). The minimum Gasteiger partial charge on any atom is -0.480 e. The van der Waals surface area contributed by atoms with Crippen LogP contribution in [0.4, 0.5) is 0 Å². The van der Waals surface area contributed by atoms with Crippen LogP contribution in [0, 0.1) is 0 Å². The van der Waals surface area contributed by atoms with E-state index in [1.165, 1.54) is 4.90 Å². The molecular weight excluding hydrogens is 200 g/mol. The molecule has 1 N–H and O–H groups in total. The summed E-state index contributed by atoms with van der Waals surface area (Å²) in [5.74, 6) is -1.04. The fourth-order valence-electron chi connectivity index (χ4n) is 1.37. The summed E-state index contributed by atoms with van der Waals surface area (Å²) in [7, 11) is 3.30. The topological polar surface area (TPSA) is 70.1 Å². The first kappa shape index (κ1) is 11.9. The van der Waals surface area contributed by atoms with Crippen molar-refractivity contribution in [3.05, 3.63) is 0 Å². The van der Waals surface area contributed by atoms with E-state index in [1.807, 2.05) is 0 Å². The molecule has 86 valence electrons. The average Bonchev–Trinajstić information content (AvgIpc) is 2.18. The van der Waals surface area contributed by atoms with E-state index in [0.29, 0.717) is 13.2 Å². The minimum absolute atomic E-state index is 0.0943. The SMILES string of the molecule is CN(C)C(=O)CN1CCOCC1C(=O)O. The van der Waals surface area contributed by atoms with Crippen molar-refractivity contribution in [2.45, 2.75) is 6.04 Å². The van der Waals surface area contributed by atoms with Gasteiger partial charge in [0.15, 0.2) is 0 Å². The highest BCUT2D eigenvalue weighted by atomic mass is 16.5. The van der Waals surface area contributed by atoms with Crippen LogP contribution >= 0.6 is 0 Å². The first-order valence-electron chi connectivity index (χ1n) is 4.77. The molecule has 0 aromatic heterocycles. The van der Waals surface area contributed by atoms with Gasteiger partial charge >= 0.3 is 5.97 Å². The molecule has 1 fully saturated rings. The molecule has 1 rings (SSSR count). The second-order valence-electron chi connectivity index (χ2n) is 3.69. The van der Waals surface area contributed by atoms with Crippen LogP contribution in [0.2, 0.25) is 0 Å². The van der Waals surface area contributed by atoms with Gasteiger partial charge in [-0.05, 0) is 0 Å². The average molecular weight is 216 g/mol. The van der Waals surface area contributed by atoms with Gasteiger partial charge in [-0.3, -0.25) is 14.5 Å². The van der Waals surface area contributed by atoms with Gasteiger partial charge in [-0.1, -0.05) is 0 Å². The third-order valence-electron chi connectivity index (χ3n) is 2.36. The maximum Gasteiger partial charge on any atom is 0.323 e. The van der Waals surface area contributed by atoms with Crippen LogP contribution in [-0.4, -0.2) is 73.2 Å². The van der Waals surface area contributed by atoms with Gasteiger partial charge in [0.05, 0.1) is 19.8 Å². The maximum absolute atomic E-state index is 11.4. The normalized spacial score (nSPS) is 22.4. The summed E-state index contributed by atoms with van der Waals surface area (Å²) in [6, 6.07) is -0.706. The highest BCUT2D eigenvalue weighted by molar-refractivity contribution is 5.79. The van der Waals surface area contributed by atoms with Crippen molar-refractivity contribution in [2.75, 3.05) is 40.4 Å². The summed E-state index contributed by atoms with van der Waals surface area (Å²) in [6.07, 6.45) is 0. The molecule has 1 atom stereocenters. The number of carboxylic acids is 1. The molecule has 0 aliphatic carbocycles. The first-order valence-corrected chi connectivity index (χ1v) is 4.77. The predicted molar refractivity (Wildman–Crippen MR) is 52.5 cm³/mol. The Kier molecular flexibility index (Phi) is 4.05. The van der Waals surface area contributed by atoms with E-state index in [-0.39, 0.29) is 19.1 Å². The molecule has 1 amide bonds. The van der Waals surface area contributed by atoms with E-state index in [2.05, 4.69) is 0 Å². The maximum atomic E-state index is 11.4. The van der Waals surface area contributed by atoms with Crippen LogP contribution in [0.3, 0.4) is 0 Å². The number of nitrogens with zero attached hydrogens (tertiary/aromatic N) is 2. The van der Waals surface area contributed by atoms with Crippen molar-refractivity contribution in [3.8, 4) is 0 Å². The molecule has 0 aromatic rings. The molecule has 1 aliphatic rings. The van der Waals surface area contributed by atoms with Gasteiger partial charge in [-0.25, -0.2) is 0 Å². The van der Waals surface area contributed by atoms with Crippen LogP contribution in [0.1, 0.15) is 0 Å². The quantitative estimate of drug-likeness (QED) is 0.645. The Labute approximate surface area is 88.4 Å². The Morgan fingerprint density at radius 2 is 2.20 bits per heavy atom. The Bertz CT molecular complexity index is 254. The Hall–Kier alpha value is -1.14. The summed E-state index contributed by atoms with van der Waals surface area (Å²) < 4.78 is 5.07. The summed E-state index contributed by atoms with van der Waals surface area (Å²) in [4.78, 5) is 25.4. The highest BCUT2D eigenvalue weighted by Crippen LogP contribution is 2.07. The number of rotatable bonds is 3. The molecule has 6 nitrogen and oxygen atoms in total. The van der Waals surface area contributed by atoms with Gasteiger partial charge in [0.2, 0.25) is 5.91 Å². The lowest BCUT2D eigenvalue weighted by Crippen LogP contribution is -2.52. The second kappa shape index (κ2) is 5.09. The van der Waals surface area contributed by atoms with Crippen LogP contribution in [-0.2, 0) is 14.3 Å². The smallest absolute Gasteiger partial charge is 0.323 e. The number of amides is 1. The second-order valence-corrected chi connectivity index (χ2v) is 3.69. The van der Waals surface area contributed by atoms with Gasteiger partial charge in [0.25, 0.3) is 0 Å². The molecule has 15 heavy (non-hydrogen) atoms. The molecule has 6 heteroatoms. The van der Waals surface area contributed by atoms with Gasteiger partial charge in [0, 0.05) is 20.6 Å². The van der Waals surface area contributed by atoms with E-state index < -0.39 is 12.0 Å². The number of aliphatic carboxylic acids is 1. The van der Waals surface area contributed by atoms with Crippen molar-refractivity contribution >= 4 is 11.9 Å². The molecule has 0 aromatic carbocycles. The number of hydrogen-bond acceptors (Lipinski definition) is 4. The lowest BCUT2D eigenvalue weighted by atomic mass is 10.2. The number of carbonyl (C=O) groups excluding carboxylic acids is 1. The zero-order valence-electron chi connectivity index (χ0n) is 8.97. The number of morpholine rings is 1. The monoisotopic (exact) mass is 216 g/mol. The summed E-state index contributed by atoms with van der Waals surface area (Å²) in [5.41, 5.74) is 0. The first-order chi connectivity index (χ1) is 7.02. The van der Waals surface area contributed by atoms with Gasteiger partial charge in [0.1, 0.15) is 6.04 Å². The summed E-state index contributed by atoms with van der Waals surface area (Å²) in [5, 5.41) is 8.91. The third kappa shape index (κ3) is 3.17. The van der Waals surface area contributed by atoms with Crippen molar-refractivity contribution in [3.63, 3.8) is 0 Å². The number of carbonyl (C=O) groups is 2. The highest BCUT2D eigenvalue weighted by Gasteiger charge is 2.30. The molecule has 1 heterocycles. The van der Waals surface area contributed by atoms with E-state index in [1.54, 1.807) is 19.0 Å². The number of hydrogen-bond donors (Lipinski definition) is 1. The zero-order chi connectivity index (χ0) is 11.4. The Morgan fingerprint density at radius 3 is 2.73 bits per heavy atom. The van der Waals surface area contributed by atoms with Crippen LogP contribution in [0.5, 0.6) is 0 Å². The van der Waals surface area contributed by atoms with E-state index in [4.69, 9.17) is 9.84 Å². The Morgan fingerprint density at radius 1 is 1.53 bits per heavy atom. The molecule has 1 unspecified atom stereocenters. The van der Waals surface area contributed by atoms with Crippen molar-refractivity contribution in [2.24, 2.45) is 0 Å². The van der Waals surface area contributed by atoms with Gasteiger partial charge < -0.3 is 14.7 Å². The minimum atomic E-state index is -0.943. The fourth-order valence-corrected chi connectivity index (χ4v) is 1.37. The summed E-state index contributed by atoms with van der Waals surface area (Å²) >= 11 is 0. The lowest BCUT2D eigenvalue weighted by molar-refractivity contribution is -0.151. The number of carboxylic acid groups (broad SMARTS) is 1. The van der Waals surface area contributed by atoms with Crippen LogP contribution in [0.15, 0.2) is 0 Å². The number of likely N-dealkylation sites (N-methyl/N-ethyl adjacent to an activating group) is 1. The number of ether oxygens (including phenoxy) is 1. The summed E-state index contributed by atoms with van der Waals surface area (Å²) in [6.45, 7) is 1.24. The molecule has 0 spiro atoms. The zero-order valence-corrected chi connectivity index (χ0v) is 8.97. The fraction of sp³-hybridized carbons (Fsp3) is 0.778. The Balaban J connectivity index is 2.57. The molecular formula is C9H16N2O4.